The molecule has 1 rings (SSSR count). The zero-order valence-corrected chi connectivity index (χ0v) is 11.7. The van der Waals surface area contributed by atoms with E-state index in [-0.39, 0.29) is 6.54 Å². The van der Waals surface area contributed by atoms with Crippen molar-refractivity contribution in [1.82, 2.24) is 4.72 Å². The van der Waals surface area contributed by atoms with Crippen LogP contribution in [0.5, 0.6) is 0 Å². The standard InChI is InChI=1S/C11H14N2O6S/c1-11(2,10(14)15)7-12-20(18,19)9-6-4-3-5-8(9)13(16)17/h3-6,12H,7H2,1-2H3,(H,14,15). The fraction of sp³-hybridized carbons (Fsp3) is 0.364. The van der Waals surface area contributed by atoms with Gasteiger partial charge in [0, 0.05) is 12.6 Å². The van der Waals surface area contributed by atoms with E-state index >= 15 is 0 Å². The summed E-state index contributed by atoms with van der Waals surface area (Å²) in [6.45, 7) is 2.31. The highest BCUT2D eigenvalue weighted by Gasteiger charge is 2.31. The maximum atomic E-state index is 12.0. The van der Waals surface area contributed by atoms with Gasteiger partial charge in [0.25, 0.3) is 5.69 Å². The van der Waals surface area contributed by atoms with E-state index < -0.39 is 36.9 Å². The first-order valence-electron chi connectivity index (χ1n) is 5.54. The van der Waals surface area contributed by atoms with Crippen LogP contribution in [0.2, 0.25) is 0 Å². The van der Waals surface area contributed by atoms with Gasteiger partial charge in [0.2, 0.25) is 10.0 Å². The molecule has 8 nitrogen and oxygen atoms in total. The zero-order chi connectivity index (χ0) is 15.6. The van der Waals surface area contributed by atoms with E-state index in [1.165, 1.54) is 26.0 Å². The molecule has 0 aromatic heterocycles. The number of sulfonamides is 1. The van der Waals surface area contributed by atoms with Crippen LogP contribution in [-0.4, -0.2) is 31.0 Å². The lowest BCUT2D eigenvalue weighted by molar-refractivity contribution is -0.387. The summed E-state index contributed by atoms with van der Waals surface area (Å²) in [6, 6.07) is 4.85. The molecule has 0 saturated heterocycles. The highest BCUT2D eigenvalue weighted by molar-refractivity contribution is 7.89. The van der Waals surface area contributed by atoms with Gasteiger partial charge >= 0.3 is 5.97 Å². The normalized spacial score (nSPS) is 12.1. The van der Waals surface area contributed by atoms with Gasteiger partial charge in [0.15, 0.2) is 4.90 Å². The van der Waals surface area contributed by atoms with Crippen LogP contribution in [0, 0.1) is 15.5 Å². The van der Waals surface area contributed by atoms with E-state index in [2.05, 4.69) is 4.72 Å². The summed E-state index contributed by atoms with van der Waals surface area (Å²) in [4.78, 5) is 20.4. The Morgan fingerprint density at radius 2 is 1.95 bits per heavy atom. The summed E-state index contributed by atoms with van der Waals surface area (Å²) < 4.78 is 26.1. The number of nitro benzene ring substituents is 1. The molecule has 110 valence electrons. The Morgan fingerprint density at radius 1 is 1.40 bits per heavy atom. The Labute approximate surface area is 115 Å². The number of hydrogen-bond donors (Lipinski definition) is 2. The predicted molar refractivity (Wildman–Crippen MR) is 69.7 cm³/mol. The first kappa shape index (κ1) is 16.1. The predicted octanol–water partition coefficient (Wildman–Crippen LogP) is 0.984. The van der Waals surface area contributed by atoms with Crippen LogP contribution in [0.15, 0.2) is 29.2 Å². The second-order valence-corrected chi connectivity index (χ2v) is 6.47. The van der Waals surface area contributed by atoms with E-state index in [0.717, 1.165) is 12.1 Å². The van der Waals surface area contributed by atoms with Gasteiger partial charge in [-0.3, -0.25) is 14.9 Å². The molecule has 9 heteroatoms. The van der Waals surface area contributed by atoms with Crippen LogP contribution in [0.4, 0.5) is 5.69 Å². The number of nitrogens with zero attached hydrogens (tertiary/aromatic N) is 1. The maximum absolute atomic E-state index is 12.0. The third-order valence-electron chi connectivity index (χ3n) is 2.63. The van der Waals surface area contributed by atoms with Crippen molar-refractivity contribution in [3.63, 3.8) is 0 Å². The highest BCUT2D eigenvalue weighted by atomic mass is 32.2. The summed E-state index contributed by atoms with van der Waals surface area (Å²) in [5.74, 6) is -1.18. The molecule has 2 N–H and O–H groups in total. The van der Waals surface area contributed by atoms with Crippen molar-refractivity contribution in [2.24, 2.45) is 5.41 Å². The number of carboxylic acids is 1. The number of aliphatic carboxylic acids is 1. The van der Waals surface area contributed by atoms with Crippen LogP contribution in [0.3, 0.4) is 0 Å². The first-order valence-corrected chi connectivity index (χ1v) is 7.03. The Kier molecular flexibility index (Phi) is 4.46. The number of benzene rings is 1. The molecule has 0 amide bonds. The number of para-hydroxylation sites is 1. The smallest absolute Gasteiger partial charge is 0.310 e. The molecule has 20 heavy (non-hydrogen) atoms. The maximum Gasteiger partial charge on any atom is 0.310 e. The quantitative estimate of drug-likeness (QED) is 0.595. The second-order valence-electron chi connectivity index (χ2n) is 4.74. The SMILES string of the molecule is CC(C)(CNS(=O)(=O)c1ccccc1[N+](=O)[O-])C(=O)O. The molecule has 0 aliphatic rings. The minimum atomic E-state index is -4.16. The van der Waals surface area contributed by atoms with Gasteiger partial charge in [-0.25, -0.2) is 13.1 Å². The zero-order valence-electron chi connectivity index (χ0n) is 10.9. The van der Waals surface area contributed by atoms with Gasteiger partial charge in [0.05, 0.1) is 10.3 Å². The average Bonchev–Trinajstić information content (AvgIpc) is 2.36. The molecule has 0 bridgehead atoms. The summed E-state index contributed by atoms with van der Waals surface area (Å²) in [7, 11) is -4.16. The molecule has 0 aliphatic heterocycles. The van der Waals surface area contributed by atoms with E-state index in [9.17, 15) is 23.3 Å². The topological polar surface area (TPSA) is 127 Å². The number of nitrogens with one attached hydrogen (secondary N) is 1. The number of carbonyl (C=O) groups is 1. The third kappa shape index (κ3) is 3.52. The van der Waals surface area contributed by atoms with Gasteiger partial charge in [0.1, 0.15) is 0 Å². The molecular formula is C11H14N2O6S. The molecule has 1 aromatic rings. The Balaban J connectivity index is 3.08. The highest BCUT2D eigenvalue weighted by Crippen LogP contribution is 2.23. The van der Waals surface area contributed by atoms with Crippen LogP contribution < -0.4 is 4.72 Å². The van der Waals surface area contributed by atoms with Crippen LogP contribution in [0.25, 0.3) is 0 Å². The number of rotatable bonds is 6. The third-order valence-corrected chi connectivity index (χ3v) is 4.08. The van der Waals surface area contributed by atoms with Crippen molar-refractivity contribution in [2.75, 3.05) is 6.54 Å². The Hall–Kier alpha value is -2.00. The van der Waals surface area contributed by atoms with Crippen molar-refractivity contribution in [3.05, 3.63) is 34.4 Å². The van der Waals surface area contributed by atoms with Crippen molar-refractivity contribution in [3.8, 4) is 0 Å². The van der Waals surface area contributed by atoms with Crippen molar-refractivity contribution >= 4 is 21.7 Å². The number of carboxylic acid groups (broad SMARTS) is 1. The summed E-state index contributed by atoms with van der Waals surface area (Å²) in [5, 5.41) is 19.7. The van der Waals surface area contributed by atoms with Gasteiger partial charge in [-0.05, 0) is 19.9 Å². The fourth-order valence-corrected chi connectivity index (χ4v) is 2.65. The molecule has 0 aliphatic carbocycles. The molecule has 0 unspecified atom stereocenters. The summed E-state index contributed by atoms with van der Waals surface area (Å²) in [6.07, 6.45) is 0. The largest absolute Gasteiger partial charge is 0.481 e. The number of hydrogen-bond acceptors (Lipinski definition) is 5. The minimum Gasteiger partial charge on any atom is -0.481 e. The monoisotopic (exact) mass is 302 g/mol. The molecule has 0 fully saturated rings. The molecule has 0 radical (unpaired) electrons. The second kappa shape index (κ2) is 5.55. The lowest BCUT2D eigenvalue weighted by atomic mass is 9.95. The molecular weight excluding hydrogens is 288 g/mol. The minimum absolute atomic E-state index is 0.378. The van der Waals surface area contributed by atoms with E-state index in [4.69, 9.17) is 5.11 Å². The van der Waals surface area contributed by atoms with Gasteiger partial charge in [-0.2, -0.15) is 0 Å². The van der Waals surface area contributed by atoms with Gasteiger partial charge in [-0.1, -0.05) is 12.1 Å². The fourth-order valence-electron chi connectivity index (χ4n) is 1.26. The Morgan fingerprint density at radius 3 is 2.45 bits per heavy atom. The summed E-state index contributed by atoms with van der Waals surface area (Å²) >= 11 is 0. The molecule has 0 atom stereocenters. The van der Waals surface area contributed by atoms with Gasteiger partial charge < -0.3 is 5.11 Å². The average molecular weight is 302 g/mol. The lowest BCUT2D eigenvalue weighted by Gasteiger charge is -2.19. The van der Waals surface area contributed by atoms with Crippen molar-refractivity contribution < 1.29 is 23.2 Å². The van der Waals surface area contributed by atoms with Gasteiger partial charge in [-0.15, -0.1) is 0 Å². The van der Waals surface area contributed by atoms with Crippen LogP contribution in [0.1, 0.15) is 13.8 Å². The van der Waals surface area contributed by atoms with Crippen molar-refractivity contribution in [1.29, 1.82) is 0 Å². The van der Waals surface area contributed by atoms with Crippen LogP contribution >= 0.6 is 0 Å². The molecule has 0 saturated carbocycles. The first-order chi connectivity index (χ1) is 9.08. The van der Waals surface area contributed by atoms with E-state index in [1.807, 2.05) is 0 Å². The molecule has 0 spiro atoms. The number of nitro groups is 1. The molecule has 1 aromatic carbocycles. The van der Waals surface area contributed by atoms with E-state index in [1.54, 1.807) is 0 Å². The Bertz CT molecular complexity index is 638. The van der Waals surface area contributed by atoms with Crippen molar-refractivity contribution in [2.45, 2.75) is 18.7 Å². The van der Waals surface area contributed by atoms with Crippen LogP contribution in [-0.2, 0) is 14.8 Å². The molecule has 0 heterocycles. The van der Waals surface area contributed by atoms with E-state index in [0.29, 0.717) is 0 Å². The summed E-state index contributed by atoms with van der Waals surface area (Å²) in [5.41, 5.74) is -1.88. The lowest BCUT2D eigenvalue weighted by Crippen LogP contribution is -2.39.